The van der Waals surface area contributed by atoms with E-state index in [1.807, 2.05) is 12.1 Å². The molecule has 5 nitrogen and oxygen atoms in total. The second kappa shape index (κ2) is 7.38. The molecule has 2 aromatic carbocycles. The predicted octanol–water partition coefficient (Wildman–Crippen LogP) is 2.60. The molecule has 0 aromatic heterocycles. The molecule has 0 saturated heterocycles. The monoisotopic (exact) mass is 338 g/mol. The molecule has 0 radical (unpaired) electrons. The number of amides is 2. The van der Waals surface area contributed by atoms with Gasteiger partial charge in [0.05, 0.1) is 19.1 Å². The lowest BCUT2D eigenvalue weighted by Gasteiger charge is -2.19. The van der Waals surface area contributed by atoms with Gasteiger partial charge in [0.25, 0.3) is 0 Å². The van der Waals surface area contributed by atoms with Crippen LogP contribution in [0.5, 0.6) is 5.75 Å². The number of carbonyl (C=O) groups excluding carboxylic acids is 2. The molecule has 0 bridgehead atoms. The van der Waals surface area contributed by atoms with Crippen molar-refractivity contribution in [1.82, 2.24) is 5.32 Å². The first-order chi connectivity index (χ1) is 12.0. The number of carbonyl (C=O) groups is 2. The minimum atomic E-state index is -0.475. The summed E-state index contributed by atoms with van der Waals surface area (Å²) < 4.78 is 5.56. The number of nitrogens with one attached hydrogen (secondary N) is 1. The van der Waals surface area contributed by atoms with Crippen molar-refractivity contribution in [1.29, 1.82) is 0 Å². The molecular formula is C20H22N2O3. The molecule has 130 valence electrons. The fourth-order valence-corrected chi connectivity index (χ4v) is 3.24. The van der Waals surface area contributed by atoms with Crippen LogP contribution >= 0.6 is 0 Å². The smallest absolute Gasteiger partial charge is 0.248 e. The summed E-state index contributed by atoms with van der Waals surface area (Å²) in [5.41, 5.74) is 8.15. The molecular weight excluding hydrogens is 316 g/mol. The third-order valence-corrected chi connectivity index (χ3v) is 4.55. The minimum absolute atomic E-state index is 0.0256. The van der Waals surface area contributed by atoms with Gasteiger partial charge in [-0.25, -0.2) is 0 Å². The van der Waals surface area contributed by atoms with Gasteiger partial charge in [-0.3, -0.25) is 9.59 Å². The second-order valence-corrected chi connectivity index (χ2v) is 6.41. The van der Waals surface area contributed by atoms with Crippen molar-refractivity contribution in [2.75, 3.05) is 6.61 Å². The average molecular weight is 338 g/mol. The molecule has 0 spiro atoms. The van der Waals surface area contributed by atoms with Gasteiger partial charge in [0, 0.05) is 5.56 Å². The Kier molecular flexibility index (Phi) is 5.03. The van der Waals surface area contributed by atoms with E-state index in [1.165, 1.54) is 11.1 Å². The highest BCUT2D eigenvalue weighted by molar-refractivity contribution is 5.92. The first-order valence-corrected chi connectivity index (χ1v) is 8.44. The number of hydrogen-bond donors (Lipinski definition) is 2. The third-order valence-electron chi connectivity index (χ3n) is 4.55. The molecule has 2 amide bonds. The molecule has 0 unspecified atom stereocenters. The highest BCUT2D eigenvalue weighted by Gasteiger charge is 2.29. The van der Waals surface area contributed by atoms with Gasteiger partial charge >= 0.3 is 0 Å². The maximum Gasteiger partial charge on any atom is 0.248 e. The van der Waals surface area contributed by atoms with Crippen LogP contribution < -0.4 is 15.8 Å². The lowest BCUT2D eigenvalue weighted by Crippen LogP contribution is -2.31. The first kappa shape index (κ1) is 17.0. The van der Waals surface area contributed by atoms with E-state index in [1.54, 1.807) is 24.3 Å². The maximum atomic E-state index is 12.2. The number of rotatable bonds is 6. The van der Waals surface area contributed by atoms with Crippen LogP contribution in [0.4, 0.5) is 0 Å². The summed E-state index contributed by atoms with van der Waals surface area (Å²) in [4.78, 5) is 23.3. The molecule has 3 rings (SSSR count). The molecule has 3 N–H and O–H groups in total. The van der Waals surface area contributed by atoms with E-state index in [9.17, 15) is 9.59 Å². The van der Waals surface area contributed by atoms with Gasteiger partial charge in [-0.1, -0.05) is 31.2 Å². The number of benzene rings is 2. The first-order valence-electron chi connectivity index (χ1n) is 8.44. The Morgan fingerprint density at radius 1 is 1.16 bits per heavy atom. The zero-order valence-corrected chi connectivity index (χ0v) is 14.2. The van der Waals surface area contributed by atoms with E-state index < -0.39 is 5.91 Å². The summed E-state index contributed by atoms with van der Waals surface area (Å²) in [6.07, 6.45) is 1.27. The van der Waals surface area contributed by atoms with Crippen LogP contribution in [0.1, 0.15) is 40.9 Å². The van der Waals surface area contributed by atoms with E-state index in [2.05, 4.69) is 24.4 Å². The topological polar surface area (TPSA) is 81.4 Å². The van der Waals surface area contributed by atoms with Crippen molar-refractivity contribution < 1.29 is 14.3 Å². The Morgan fingerprint density at radius 3 is 2.60 bits per heavy atom. The Hall–Kier alpha value is -2.82. The van der Waals surface area contributed by atoms with Crippen molar-refractivity contribution in [3.8, 4) is 5.75 Å². The minimum Gasteiger partial charge on any atom is -0.493 e. The Labute approximate surface area is 147 Å². The predicted molar refractivity (Wildman–Crippen MR) is 95.3 cm³/mol. The molecule has 1 aliphatic rings. The normalized spacial score (nSPS) is 18.4. The van der Waals surface area contributed by atoms with Crippen LogP contribution in [-0.2, 0) is 11.2 Å². The van der Waals surface area contributed by atoms with E-state index in [-0.39, 0.29) is 25.0 Å². The summed E-state index contributed by atoms with van der Waals surface area (Å²) >= 11 is 0. The zero-order chi connectivity index (χ0) is 17.8. The van der Waals surface area contributed by atoms with Crippen molar-refractivity contribution in [2.24, 2.45) is 11.7 Å². The highest BCUT2D eigenvalue weighted by Crippen LogP contribution is 2.35. The molecule has 2 aromatic rings. The van der Waals surface area contributed by atoms with Gasteiger partial charge in [0.1, 0.15) is 5.75 Å². The van der Waals surface area contributed by atoms with Crippen molar-refractivity contribution >= 4 is 11.8 Å². The number of primary amides is 1. The zero-order valence-electron chi connectivity index (χ0n) is 14.2. The number of hydrogen-bond acceptors (Lipinski definition) is 3. The van der Waals surface area contributed by atoms with Gasteiger partial charge < -0.3 is 15.8 Å². The molecule has 0 fully saturated rings. The average Bonchev–Trinajstić information content (AvgIpc) is 2.91. The lowest BCUT2D eigenvalue weighted by atomic mass is 10.0. The summed E-state index contributed by atoms with van der Waals surface area (Å²) in [6.45, 7) is 2.44. The van der Waals surface area contributed by atoms with Gasteiger partial charge in [0.2, 0.25) is 11.8 Å². The Bertz CT molecular complexity index is 771. The van der Waals surface area contributed by atoms with Crippen molar-refractivity contribution in [3.05, 3.63) is 65.2 Å². The van der Waals surface area contributed by atoms with Crippen LogP contribution in [0.3, 0.4) is 0 Å². The summed E-state index contributed by atoms with van der Waals surface area (Å²) in [5, 5.41) is 3.12. The van der Waals surface area contributed by atoms with Crippen LogP contribution in [0.25, 0.3) is 0 Å². The van der Waals surface area contributed by atoms with Crippen molar-refractivity contribution in [3.63, 3.8) is 0 Å². The Morgan fingerprint density at radius 2 is 1.88 bits per heavy atom. The molecule has 0 heterocycles. The van der Waals surface area contributed by atoms with Gasteiger partial charge in [0.15, 0.2) is 0 Å². The van der Waals surface area contributed by atoms with Crippen molar-refractivity contribution in [2.45, 2.75) is 25.8 Å². The van der Waals surface area contributed by atoms with E-state index in [0.717, 1.165) is 6.42 Å². The molecule has 5 heteroatoms. The molecule has 1 aliphatic carbocycles. The fraction of sp³-hybridized carbons (Fsp3) is 0.300. The third kappa shape index (κ3) is 3.99. The summed E-state index contributed by atoms with van der Waals surface area (Å²) in [6, 6.07) is 14.9. The highest BCUT2D eigenvalue weighted by atomic mass is 16.5. The largest absolute Gasteiger partial charge is 0.493 e. The van der Waals surface area contributed by atoms with Crippen LogP contribution in [0.15, 0.2) is 48.5 Å². The maximum absolute atomic E-state index is 12.2. The van der Waals surface area contributed by atoms with Gasteiger partial charge in [-0.05, 0) is 47.7 Å². The van der Waals surface area contributed by atoms with E-state index >= 15 is 0 Å². The van der Waals surface area contributed by atoms with Gasteiger partial charge in [-0.15, -0.1) is 0 Å². The summed E-state index contributed by atoms with van der Waals surface area (Å²) in [5.74, 6) is 0.500. The fourth-order valence-electron chi connectivity index (χ4n) is 3.24. The molecule has 2 atom stereocenters. The number of ether oxygens (including phenoxy) is 1. The molecule has 0 aliphatic heterocycles. The van der Waals surface area contributed by atoms with E-state index in [4.69, 9.17) is 10.5 Å². The van der Waals surface area contributed by atoms with E-state index in [0.29, 0.717) is 17.2 Å². The van der Waals surface area contributed by atoms with Crippen LogP contribution in [0.2, 0.25) is 0 Å². The van der Waals surface area contributed by atoms with Crippen LogP contribution in [0, 0.1) is 5.92 Å². The standard InChI is InChI=1S/C20H22N2O3/c1-13-12-15-4-2-3-5-17(15)19(13)22-18(23)10-11-25-16-8-6-14(7-9-16)20(21)24/h2-9,13,19H,10-12H2,1H3,(H2,21,24)(H,22,23)/t13-,19-/m1/s1. The quantitative estimate of drug-likeness (QED) is 0.849. The Balaban J connectivity index is 1.49. The second-order valence-electron chi connectivity index (χ2n) is 6.41. The SMILES string of the molecule is C[C@@H]1Cc2ccccc2[C@@H]1NC(=O)CCOc1ccc(C(N)=O)cc1. The summed E-state index contributed by atoms with van der Waals surface area (Å²) in [7, 11) is 0. The van der Waals surface area contributed by atoms with Gasteiger partial charge in [-0.2, -0.15) is 0 Å². The number of nitrogens with two attached hydrogens (primary N) is 1. The molecule has 25 heavy (non-hydrogen) atoms. The number of fused-ring (bicyclic) bond motifs is 1. The lowest BCUT2D eigenvalue weighted by molar-refractivity contribution is -0.122. The van der Waals surface area contributed by atoms with Crippen LogP contribution in [-0.4, -0.2) is 18.4 Å². The molecule has 0 saturated carbocycles.